The molecule has 0 saturated heterocycles. The minimum Gasteiger partial charge on any atom is -0.496 e. The standard InChI is InChI=1S/C20H23ClN4OS/c1-13-5-6-15(14(2)9-13)11-24(3)12-25-20(27)22-19(23-25)17-10-16(21)7-8-18(17)26-4/h5-10H,11-12H2,1-4H3,(H,22,23,27). The fraction of sp³-hybridized carbons (Fsp3) is 0.300. The molecule has 0 radical (unpaired) electrons. The van der Waals surface area contributed by atoms with Gasteiger partial charge in [0.1, 0.15) is 5.75 Å². The van der Waals surface area contributed by atoms with Crippen LogP contribution in [0.1, 0.15) is 16.7 Å². The van der Waals surface area contributed by atoms with Gasteiger partial charge in [0.25, 0.3) is 0 Å². The molecule has 0 spiro atoms. The third-order valence-corrected chi connectivity index (χ3v) is 4.96. The third kappa shape index (κ3) is 4.58. The predicted molar refractivity (Wildman–Crippen MR) is 112 cm³/mol. The van der Waals surface area contributed by atoms with E-state index in [0.29, 0.717) is 28.0 Å². The molecule has 0 fully saturated rings. The number of ether oxygens (including phenoxy) is 1. The first kappa shape index (κ1) is 19.6. The van der Waals surface area contributed by atoms with Crippen LogP contribution in [0, 0.1) is 18.6 Å². The summed E-state index contributed by atoms with van der Waals surface area (Å²) in [6.45, 7) is 5.67. The van der Waals surface area contributed by atoms with E-state index in [2.05, 4.69) is 54.1 Å². The summed E-state index contributed by atoms with van der Waals surface area (Å²) in [5, 5.41) is 3.88. The van der Waals surface area contributed by atoms with Crippen LogP contribution in [-0.4, -0.2) is 33.8 Å². The highest BCUT2D eigenvalue weighted by atomic mass is 35.5. The van der Waals surface area contributed by atoms with Crippen LogP contribution in [0.2, 0.25) is 5.02 Å². The van der Waals surface area contributed by atoms with Crippen molar-refractivity contribution in [2.75, 3.05) is 14.2 Å². The molecule has 1 aromatic heterocycles. The summed E-state index contributed by atoms with van der Waals surface area (Å²) in [6, 6.07) is 11.9. The maximum absolute atomic E-state index is 6.13. The monoisotopic (exact) mass is 402 g/mol. The first-order valence-corrected chi connectivity index (χ1v) is 9.41. The van der Waals surface area contributed by atoms with E-state index >= 15 is 0 Å². The second-order valence-electron chi connectivity index (χ2n) is 6.71. The Kier molecular flexibility index (Phi) is 5.99. The second-order valence-corrected chi connectivity index (χ2v) is 7.51. The minimum atomic E-state index is 0.486. The third-order valence-electron chi connectivity index (χ3n) is 4.42. The Bertz CT molecular complexity index is 1010. The SMILES string of the molecule is COc1ccc(Cl)cc1-c1nc(=S)n(CN(C)Cc2ccc(C)cc2C)[nH]1. The number of methoxy groups -OCH3 is 1. The first-order valence-electron chi connectivity index (χ1n) is 8.63. The van der Waals surface area contributed by atoms with E-state index in [1.165, 1.54) is 16.7 Å². The molecule has 1 heterocycles. The van der Waals surface area contributed by atoms with E-state index in [1.54, 1.807) is 13.2 Å². The van der Waals surface area contributed by atoms with Gasteiger partial charge in [0, 0.05) is 11.6 Å². The number of nitrogens with one attached hydrogen (secondary N) is 1. The van der Waals surface area contributed by atoms with Gasteiger partial charge in [-0.3, -0.25) is 10.00 Å². The predicted octanol–water partition coefficient (Wildman–Crippen LogP) is 4.98. The normalized spacial score (nSPS) is 11.2. The summed E-state index contributed by atoms with van der Waals surface area (Å²) >= 11 is 11.6. The van der Waals surface area contributed by atoms with Gasteiger partial charge in [-0.2, -0.15) is 4.98 Å². The van der Waals surface area contributed by atoms with Gasteiger partial charge in [-0.25, -0.2) is 4.68 Å². The van der Waals surface area contributed by atoms with Crippen molar-refractivity contribution in [3.63, 3.8) is 0 Å². The van der Waals surface area contributed by atoms with Gasteiger partial charge < -0.3 is 4.74 Å². The lowest BCUT2D eigenvalue weighted by molar-refractivity contribution is 0.244. The molecule has 142 valence electrons. The average molecular weight is 403 g/mol. The maximum atomic E-state index is 6.13. The Hall–Kier alpha value is -2.15. The lowest BCUT2D eigenvalue weighted by Crippen LogP contribution is -2.23. The summed E-state index contributed by atoms with van der Waals surface area (Å²) in [7, 11) is 3.68. The van der Waals surface area contributed by atoms with E-state index in [-0.39, 0.29) is 0 Å². The van der Waals surface area contributed by atoms with Crippen LogP contribution >= 0.6 is 23.8 Å². The highest BCUT2D eigenvalue weighted by molar-refractivity contribution is 7.71. The minimum absolute atomic E-state index is 0.486. The number of aromatic nitrogens is 3. The molecule has 1 N–H and O–H groups in total. The number of nitrogens with zero attached hydrogens (tertiary/aromatic N) is 3. The molecule has 0 aliphatic heterocycles. The van der Waals surface area contributed by atoms with Crippen molar-refractivity contribution < 1.29 is 4.74 Å². The topological polar surface area (TPSA) is 46.1 Å². The number of halogens is 1. The quantitative estimate of drug-likeness (QED) is 0.591. The van der Waals surface area contributed by atoms with Crippen LogP contribution < -0.4 is 4.74 Å². The van der Waals surface area contributed by atoms with Crippen molar-refractivity contribution in [2.24, 2.45) is 0 Å². The van der Waals surface area contributed by atoms with Gasteiger partial charge in [-0.15, -0.1) is 0 Å². The molecule has 5 nitrogen and oxygen atoms in total. The van der Waals surface area contributed by atoms with Gasteiger partial charge in [-0.1, -0.05) is 35.4 Å². The fourth-order valence-corrected chi connectivity index (χ4v) is 3.41. The maximum Gasteiger partial charge on any atom is 0.217 e. The second kappa shape index (κ2) is 8.25. The van der Waals surface area contributed by atoms with Crippen molar-refractivity contribution in [1.29, 1.82) is 0 Å². The molecule has 0 amide bonds. The van der Waals surface area contributed by atoms with Gasteiger partial charge in [0.15, 0.2) is 5.82 Å². The summed E-state index contributed by atoms with van der Waals surface area (Å²) in [4.78, 5) is 6.66. The molecule has 27 heavy (non-hydrogen) atoms. The number of hydrogen-bond donors (Lipinski definition) is 1. The highest BCUT2D eigenvalue weighted by Crippen LogP contribution is 2.30. The molecule has 0 bridgehead atoms. The Balaban J connectivity index is 1.81. The van der Waals surface area contributed by atoms with Crippen LogP contribution in [0.3, 0.4) is 0 Å². The Morgan fingerprint density at radius 3 is 2.70 bits per heavy atom. The Morgan fingerprint density at radius 2 is 2.00 bits per heavy atom. The zero-order valence-corrected chi connectivity index (χ0v) is 17.5. The van der Waals surface area contributed by atoms with Gasteiger partial charge in [0.2, 0.25) is 4.77 Å². The van der Waals surface area contributed by atoms with E-state index in [4.69, 9.17) is 28.6 Å². The van der Waals surface area contributed by atoms with Crippen molar-refractivity contribution in [3.05, 3.63) is 62.9 Å². The number of H-pyrrole nitrogens is 1. The Labute approximate surface area is 169 Å². The summed E-state index contributed by atoms with van der Waals surface area (Å²) < 4.78 is 7.74. The zero-order chi connectivity index (χ0) is 19.6. The van der Waals surface area contributed by atoms with E-state index < -0.39 is 0 Å². The molecule has 3 rings (SSSR count). The summed E-state index contributed by atoms with van der Waals surface area (Å²) in [6.07, 6.45) is 0. The van der Waals surface area contributed by atoms with Crippen molar-refractivity contribution in [3.8, 4) is 17.1 Å². The van der Waals surface area contributed by atoms with Crippen molar-refractivity contribution >= 4 is 23.8 Å². The number of hydrogen-bond acceptors (Lipinski definition) is 4. The molecular formula is C20H23ClN4OS. The highest BCUT2D eigenvalue weighted by Gasteiger charge is 2.13. The molecule has 0 aliphatic rings. The molecule has 3 aromatic rings. The van der Waals surface area contributed by atoms with Crippen LogP contribution in [0.25, 0.3) is 11.4 Å². The zero-order valence-electron chi connectivity index (χ0n) is 15.9. The molecule has 0 saturated carbocycles. The average Bonchev–Trinajstić information content (AvgIpc) is 2.98. The van der Waals surface area contributed by atoms with Gasteiger partial charge in [-0.05, 0) is 62.4 Å². The fourth-order valence-electron chi connectivity index (χ4n) is 3.04. The molecular weight excluding hydrogens is 380 g/mol. The molecule has 0 atom stereocenters. The van der Waals surface area contributed by atoms with Crippen LogP contribution in [0.15, 0.2) is 36.4 Å². The smallest absolute Gasteiger partial charge is 0.217 e. The molecule has 7 heteroatoms. The lowest BCUT2D eigenvalue weighted by Gasteiger charge is -2.18. The molecule has 2 aromatic carbocycles. The summed E-state index contributed by atoms with van der Waals surface area (Å²) in [5.41, 5.74) is 4.65. The van der Waals surface area contributed by atoms with E-state index in [1.807, 2.05) is 16.8 Å². The number of rotatable bonds is 6. The van der Waals surface area contributed by atoms with Crippen LogP contribution in [0.5, 0.6) is 5.75 Å². The van der Waals surface area contributed by atoms with Crippen LogP contribution in [0.4, 0.5) is 0 Å². The molecule has 0 aliphatic carbocycles. The first-order chi connectivity index (χ1) is 12.9. The number of benzene rings is 2. The van der Waals surface area contributed by atoms with E-state index in [9.17, 15) is 0 Å². The molecule has 0 unspecified atom stereocenters. The van der Waals surface area contributed by atoms with Crippen molar-refractivity contribution in [2.45, 2.75) is 27.1 Å². The van der Waals surface area contributed by atoms with Gasteiger partial charge >= 0.3 is 0 Å². The van der Waals surface area contributed by atoms with E-state index in [0.717, 1.165) is 12.1 Å². The largest absolute Gasteiger partial charge is 0.496 e. The van der Waals surface area contributed by atoms with Gasteiger partial charge in [0.05, 0.1) is 19.3 Å². The lowest BCUT2D eigenvalue weighted by atomic mass is 10.1. The summed E-state index contributed by atoms with van der Waals surface area (Å²) in [5.74, 6) is 1.33. The number of aromatic amines is 1. The number of aryl methyl sites for hydroxylation is 2. The Morgan fingerprint density at radius 1 is 1.22 bits per heavy atom. The van der Waals surface area contributed by atoms with Crippen LogP contribution in [-0.2, 0) is 13.2 Å². The van der Waals surface area contributed by atoms with Crippen molar-refractivity contribution in [1.82, 2.24) is 19.7 Å².